The quantitative estimate of drug-likeness (QED) is 0.819. The van der Waals surface area contributed by atoms with E-state index < -0.39 is 0 Å². The molecule has 1 aromatic rings. The zero-order valence-corrected chi connectivity index (χ0v) is 8.78. The molecular formula is C12H16N2O. The van der Waals surface area contributed by atoms with Crippen molar-refractivity contribution in [2.24, 2.45) is 0 Å². The summed E-state index contributed by atoms with van der Waals surface area (Å²) in [6, 6.07) is 2.58. The highest BCUT2D eigenvalue weighted by Crippen LogP contribution is 2.43. The van der Waals surface area contributed by atoms with Crippen LogP contribution in [-0.4, -0.2) is 24.2 Å². The molecule has 1 aromatic heterocycles. The van der Waals surface area contributed by atoms with Crippen LogP contribution >= 0.6 is 0 Å². The Morgan fingerprint density at radius 1 is 1.33 bits per heavy atom. The number of nitrogens with one attached hydrogen (secondary N) is 1. The Balaban J connectivity index is 1.77. The summed E-state index contributed by atoms with van der Waals surface area (Å²) in [5.41, 5.74) is 2.66. The van der Waals surface area contributed by atoms with Gasteiger partial charge >= 0.3 is 0 Å². The van der Waals surface area contributed by atoms with Crippen LogP contribution in [0.4, 0.5) is 5.69 Å². The van der Waals surface area contributed by atoms with Gasteiger partial charge in [-0.25, -0.2) is 0 Å². The van der Waals surface area contributed by atoms with Crippen LogP contribution in [0.5, 0.6) is 0 Å². The molecule has 1 saturated carbocycles. The first-order valence-corrected chi connectivity index (χ1v) is 5.71. The number of ether oxygens (including phenoxy) is 1. The van der Waals surface area contributed by atoms with Crippen LogP contribution in [0.15, 0.2) is 18.5 Å². The summed E-state index contributed by atoms with van der Waals surface area (Å²) in [6.07, 6.45) is 7.63. The number of aromatic nitrogens is 1. The molecule has 1 saturated heterocycles. The Morgan fingerprint density at radius 2 is 2.27 bits per heavy atom. The van der Waals surface area contributed by atoms with E-state index >= 15 is 0 Å². The number of pyridine rings is 1. The standard InChI is InChI=1S/C12H16N2O/c1-2-9(1)11-7-13-5-3-12(11)14-10-4-6-15-8-10/h3,5,7,9-10H,1-2,4,6,8H2,(H,13,14). The van der Waals surface area contributed by atoms with E-state index in [1.807, 2.05) is 12.4 Å². The normalized spacial score (nSPS) is 25.5. The average Bonchev–Trinajstić information content (AvgIpc) is 2.99. The first-order valence-electron chi connectivity index (χ1n) is 5.71. The van der Waals surface area contributed by atoms with Crippen molar-refractivity contribution in [1.29, 1.82) is 0 Å². The molecule has 0 spiro atoms. The molecule has 80 valence electrons. The predicted octanol–water partition coefficient (Wildman–Crippen LogP) is 2.16. The van der Waals surface area contributed by atoms with E-state index in [2.05, 4.69) is 16.4 Å². The molecule has 3 nitrogen and oxygen atoms in total. The number of anilines is 1. The van der Waals surface area contributed by atoms with Crippen LogP contribution in [0.25, 0.3) is 0 Å². The molecule has 0 radical (unpaired) electrons. The third-order valence-electron chi connectivity index (χ3n) is 3.16. The van der Waals surface area contributed by atoms with E-state index in [9.17, 15) is 0 Å². The second kappa shape index (κ2) is 3.81. The summed E-state index contributed by atoms with van der Waals surface area (Å²) in [4.78, 5) is 4.21. The number of hydrogen-bond donors (Lipinski definition) is 1. The predicted molar refractivity (Wildman–Crippen MR) is 59.1 cm³/mol. The van der Waals surface area contributed by atoms with Gasteiger partial charge in [-0.3, -0.25) is 4.98 Å². The molecule has 0 amide bonds. The van der Waals surface area contributed by atoms with Crippen molar-refractivity contribution in [2.75, 3.05) is 18.5 Å². The van der Waals surface area contributed by atoms with Gasteiger partial charge in [-0.05, 0) is 36.8 Å². The minimum absolute atomic E-state index is 0.491. The van der Waals surface area contributed by atoms with Crippen molar-refractivity contribution >= 4 is 5.69 Å². The summed E-state index contributed by atoms with van der Waals surface area (Å²) < 4.78 is 5.37. The van der Waals surface area contributed by atoms with E-state index in [1.54, 1.807) is 0 Å². The molecule has 0 bridgehead atoms. The molecule has 1 aliphatic carbocycles. The maximum Gasteiger partial charge on any atom is 0.0668 e. The minimum atomic E-state index is 0.491. The van der Waals surface area contributed by atoms with Crippen LogP contribution in [0.1, 0.15) is 30.7 Å². The smallest absolute Gasteiger partial charge is 0.0668 e. The Bertz CT molecular complexity index is 343. The van der Waals surface area contributed by atoms with E-state index in [-0.39, 0.29) is 0 Å². The van der Waals surface area contributed by atoms with E-state index in [4.69, 9.17) is 4.74 Å². The van der Waals surface area contributed by atoms with Crippen molar-refractivity contribution in [3.05, 3.63) is 24.0 Å². The van der Waals surface area contributed by atoms with Crippen LogP contribution in [0.2, 0.25) is 0 Å². The van der Waals surface area contributed by atoms with Crippen LogP contribution in [-0.2, 0) is 4.74 Å². The van der Waals surface area contributed by atoms with Gasteiger partial charge < -0.3 is 10.1 Å². The van der Waals surface area contributed by atoms with E-state index in [0.29, 0.717) is 6.04 Å². The molecule has 15 heavy (non-hydrogen) atoms. The van der Waals surface area contributed by atoms with Gasteiger partial charge in [-0.2, -0.15) is 0 Å². The highest BCUT2D eigenvalue weighted by atomic mass is 16.5. The fourth-order valence-corrected chi connectivity index (χ4v) is 2.13. The first kappa shape index (κ1) is 9.16. The average molecular weight is 204 g/mol. The number of rotatable bonds is 3. The summed E-state index contributed by atoms with van der Waals surface area (Å²) in [5.74, 6) is 0.753. The summed E-state index contributed by atoms with van der Waals surface area (Å²) in [5, 5.41) is 3.57. The van der Waals surface area contributed by atoms with Gasteiger partial charge in [0.15, 0.2) is 0 Å². The maximum atomic E-state index is 5.37. The topological polar surface area (TPSA) is 34.1 Å². The lowest BCUT2D eigenvalue weighted by atomic mass is 10.1. The van der Waals surface area contributed by atoms with Crippen molar-refractivity contribution in [2.45, 2.75) is 31.2 Å². The molecule has 1 aliphatic heterocycles. The molecule has 2 fully saturated rings. The minimum Gasteiger partial charge on any atom is -0.380 e. The van der Waals surface area contributed by atoms with Gasteiger partial charge in [-0.15, -0.1) is 0 Å². The lowest BCUT2D eigenvalue weighted by Gasteiger charge is -2.15. The molecular weight excluding hydrogens is 188 g/mol. The monoisotopic (exact) mass is 204 g/mol. The van der Waals surface area contributed by atoms with Gasteiger partial charge in [0.05, 0.1) is 12.6 Å². The van der Waals surface area contributed by atoms with Gasteiger partial charge in [0.1, 0.15) is 0 Å². The van der Waals surface area contributed by atoms with Crippen molar-refractivity contribution < 1.29 is 4.74 Å². The maximum absolute atomic E-state index is 5.37. The molecule has 0 aromatic carbocycles. The van der Waals surface area contributed by atoms with E-state index in [1.165, 1.54) is 24.1 Å². The molecule has 1 unspecified atom stereocenters. The molecule has 3 rings (SSSR count). The molecule has 3 heteroatoms. The second-order valence-corrected chi connectivity index (χ2v) is 4.44. The fraction of sp³-hybridized carbons (Fsp3) is 0.583. The lowest BCUT2D eigenvalue weighted by molar-refractivity contribution is 0.195. The van der Waals surface area contributed by atoms with Crippen molar-refractivity contribution in [3.8, 4) is 0 Å². The Morgan fingerprint density at radius 3 is 3.00 bits per heavy atom. The molecule has 1 N–H and O–H groups in total. The highest BCUT2D eigenvalue weighted by Gasteiger charge is 2.27. The van der Waals surface area contributed by atoms with Crippen molar-refractivity contribution in [1.82, 2.24) is 4.98 Å². The number of nitrogens with zero attached hydrogens (tertiary/aromatic N) is 1. The largest absolute Gasteiger partial charge is 0.380 e. The fourth-order valence-electron chi connectivity index (χ4n) is 2.13. The van der Waals surface area contributed by atoms with Crippen LogP contribution < -0.4 is 5.32 Å². The summed E-state index contributed by atoms with van der Waals surface area (Å²) >= 11 is 0. The third kappa shape index (κ3) is 1.97. The molecule has 2 heterocycles. The lowest BCUT2D eigenvalue weighted by Crippen LogP contribution is -2.19. The van der Waals surface area contributed by atoms with Crippen LogP contribution in [0.3, 0.4) is 0 Å². The highest BCUT2D eigenvalue weighted by molar-refractivity contribution is 5.53. The zero-order valence-electron chi connectivity index (χ0n) is 8.78. The third-order valence-corrected chi connectivity index (χ3v) is 3.16. The molecule has 2 aliphatic rings. The van der Waals surface area contributed by atoms with Crippen molar-refractivity contribution in [3.63, 3.8) is 0 Å². The van der Waals surface area contributed by atoms with Gasteiger partial charge in [0.25, 0.3) is 0 Å². The van der Waals surface area contributed by atoms with Crippen LogP contribution in [0, 0.1) is 0 Å². The van der Waals surface area contributed by atoms with E-state index in [0.717, 1.165) is 25.6 Å². The first-order chi connectivity index (χ1) is 7.43. The summed E-state index contributed by atoms with van der Waals surface area (Å²) in [7, 11) is 0. The molecule has 1 atom stereocenters. The SMILES string of the molecule is c1cc(NC2CCOC2)c(C2CC2)cn1. The number of hydrogen-bond acceptors (Lipinski definition) is 3. The van der Waals surface area contributed by atoms with Gasteiger partial charge in [0.2, 0.25) is 0 Å². The van der Waals surface area contributed by atoms with Gasteiger partial charge in [-0.1, -0.05) is 0 Å². The zero-order chi connectivity index (χ0) is 10.1. The Labute approximate surface area is 89.9 Å². The second-order valence-electron chi connectivity index (χ2n) is 4.44. The Kier molecular flexibility index (Phi) is 2.33. The van der Waals surface area contributed by atoms with Gasteiger partial charge in [0, 0.05) is 24.7 Å². The Hall–Kier alpha value is -1.09. The summed E-state index contributed by atoms with van der Waals surface area (Å²) in [6.45, 7) is 1.73.